The van der Waals surface area contributed by atoms with E-state index in [1.165, 1.54) is 0 Å². The van der Waals surface area contributed by atoms with Gasteiger partial charge in [0.2, 0.25) is 0 Å². The average molecular weight is 667 g/mol. The second kappa shape index (κ2) is 14.9. The molecule has 2 aliphatic carbocycles. The van der Waals surface area contributed by atoms with Crippen molar-refractivity contribution in [1.29, 1.82) is 0 Å². The lowest BCUT2D eigenvalue weighted by atomic mass is 9.75. The van der Waals surface area contributed by atoms with Gasteiger partial charge in [-0.1, -0.05) is 88.4 Å². The summed E-state index contributed by atoms with van der Waals surface area (Å²) in [4.78, 5) is 54.8. The van der Waals surface area contributed by atoms with Crippen molar-refractivity contribution in [2.75, 3.05) is 6.61 Å². The summed E-state index contributed by atoms with van der Waals surface area (Å²) in [5, 5.41) is 22.7. The molecule has 0 bridgehead atoms. The number of aliphatic hydroxyl groups is 1. The number of allylic oxidation sites excluding steroid dienone is 2. The Kier molecular flexibility index (Phi) is 10.7. The number of amides is 1. The molecule has 0 fully saturated rings. The Morgan fingerprint density at radius 2 is 1.51 bits per heavy atom. The van der Waals surface area contributed by atoms with Crippen LogP contribution in [0.4, 0.5) is 10.5 Å². The number of aliphatic carboxylic acids is 1. The third kappa shape index (κ3) is 8.62. The zero-order valence-electron chi connectivity index (χ0n) is 28.2. The maximum absolute atomic E-state index is 13.0. The van der Waals surface area contributed by atoms with Crippen LogP contribution in [0.25, 0.3) is 11.1 Å². The molecule has 1 atom stereocenters. The third-order valence-corrected chi connectivity index (χ3v) is 8.65. The standard InChI is InChI=1S/C39H42N2O8/c1-23(2)17-31(36-33(42)19-39(3,4)20-34(36)43)40-25-15-13-24(14-16-25)21-48-35(44)18-32(37(45)46)41-38(47)49-22-30-28-11-7-5-9-26(28)27-10-6-8-12-29(27)30/h5-16,23,30,32,42H,17-22H2,1-4H3,(H,41,47)(H,45,46)/t32-/m1/s1. The van der Waals surface area contributed by atoms with Crippen LogP contribution in [0.1, 0.15) is 76.0 Å². The van der Waals surface area contributed by atoms with Crippen molar-refractivity contribution in [3.8, 4) is 11.1 Å². The molecular weight excluding hydrogens is 624 g/mol. The Morgan fingerprint density at radius 1 is 0.898 bits per heavy atom. The normalized spacial score (nSPS) is 16.2. The number of esters is 1. The van der Waals surface area contributed by atoms with Gasteiger partial charge in [-0.15, -0.1) is 0 Å². The molecular formula is C39H42N2O8. The predicted molar refractivity (Wildman–Crippen MR) is 185 cm³/mol. The maximum Gasteiger partial charge on any atom is 0.407 e. The molecule has 3 N–H and O–H groups in total. The summed E-state index contributed by atoms with van der Waals surface area (Å²) in [6, 6.07) is 21.0. The van der Waals surface area contributed by atoms with Gasteiger partial charge < -0.3 is 25.0 Å². The van der Waals surface area contributed by atoms with Crippen LogP contribution < -0.4 is 5.32 Å². The van der Waals surface area contributed by atoms with Crippen molar-refractivity contribution in [2.45, 2.75) is 71.9 Å². The van der Waals surface area contributed by atoms with E-state index in [4.69, 9.17) is 14.5 Å². The number of rotatable bonds is 12. The number of alkyl carbamates (subject to hydrolysis) is 1. The van der Waals surface area contributed by atoms with Gasteiger partial charge >= 0.3 is 18.0 Å². The van der Waals surface area contributed by atoms with Crippen LogP contribution in [0.2, 0.25) is 0 Å². The third-order valence-electron chi connectivity index (χ3n) is 8.65. The number of carbonyl (C=O) groups excluding carboxylic acids is 3. The maximum atomic E-state index is 13.0. The quantitative estimate of drug-likeness (QED) is 0.133. The molecule has 10 heteroatoms. The number of ether oxygens (including phenoxy) is 2. The molecule has 0 saturated heterocycles. The summed E-state index contributed by atoms with van der Waals surface area (Å²) in [7, 11) is 0. The van der Waals surface area contributed by atoms with E-state index >= 15 is 0 Å². The summed E-state index contributed by atoms with van der Waals surface area (Å²) in [5.74, 6) is -2.26. The zero-order valence-corrected chi connectivity index (χ0v) is 28.2. The Balaban J connectivity index is 1.15. The monoisotopic (exact) mass is 666 g/mol. The number of benzene rings is 3. The lowest BCUT2D eigenvalue weighted by Gasteiger charge is -2.30. The summed E-state index contributed by atoms with van der Waals surface area (Å²) >= 11 is 0. The molecule has 0 unspecified atom stereocenters. The molecule has 0 saturated carbocycles. The highest BCUT2D eigenvalue weighted by atomic mass is 16.6. The van der Waals surface area contributed by atoms with E-state index in [-0.39, 0.29) is 42.0 Å². The lowest BCUT2D eigenvalue weighted by molar-refractivity contribution is -0.150. The van der Waals surface area contributed by atoms with Gasteiger partial charge in [0.05, 0.1) is 23.4 Å². The van der Waals surface area contributed by atoms with E-state index in [0.29, 0.717) is 41.8 Å². The zero-order chi connectivity index (χ0) is 35.3. The second-order valence-corrected chi connectivity index (χ2v) is 13.8. The van der Waals surface area contributed by atoms with Crippen LogP contribution in [0, 0.1) is 11.3 Å². The summed E-state index contributed by atoms with van der Waals surface area (Å²) in [5.41, 5.74) is 5.89. The Morgan fingerprint density at radius 3 is 2.08 bits per heavy atom. The fourth-order valence-corrected chi connectivity index (χ4v) is 6.40. The van der Waals surface area contributed by atoms with Gasteiger partial charge in [0.1, 0.15) is 25.0 Å². The molecule has 5 rings (SSSR count). The minimum Gasteiger partial charge on any atom is -0.511 e. The highest BCUT2D eigenvalue weighted by molar-refractivity contribution is 6.23. The Hall–Kier alpha value is -5.25. The fourth-order valence-electron chi connectivity index (χ4n) is 6.40. The van der Waals surface area contributed by atoms with Gasteiger partial charge in [0, 0.05) is 18.8 Å². The minimum absolute atomic E-state index is 0.00288. The average Bonchev–Trinajstić information content (AvgIpc) is 3.35. The molecule has 0 aromatic heterocycles. The SMILES string of the molecule is CC(C)CC(=Nc1ccc(COC(=O)C[C@@H](NC(=O)OCC2c3ccccc3-c3ccccc32)C(=O)O)cc1)C1=C(O)CC(C)(C)CC1=O. The van der Waals surface area contributed by atoms with Crippen LogP contribution in [0.15, 0.2) is 89.1 Å². The number of ketones is 1. The molecule has 3 aromatic rings. The van der Waals surface area contributed by atoms with Crippen molar-refractivity contribution in [3.05, 3.63) is 101 Å². The topological polar surface area (TPSA) is 152 Å². The van der Waals surface area contributed by atoms with Gasteiger partial charge in [0.15, 0.2) is 5.78 Å². The van der Waals surface area contributed by atoms with Gasteiger partial charge in [-0.05, 0) is 57.7 Å². The van der Waals surface area contributed by atoms with Crippen LogP contribution in [0.3, 0.4) is 0 Å². The second-order valence-electron chi connectivity index (χ2n) is 13.8. The van der Waals surface area contributed by atoms with Crippen molar-refractivity contribution < 1.29 is 38.9 Å². The van der Waals surface area contributed by atoms with E-state index in [1.54, 1.807) is 24.3 Å². The number of aliphatic imine (C=N–C) groups is 1. The number of nitrogens with one attached hydrogen (secondary N) is 1. The van der Waals surface area contributed by atoms with Crippen molar-refractivity contribution in [2.24, 2.45) is 16.3 Å². The molecule has 49 heavy (non-hydrogen) atoms. The highest BCUT2D eigenvalue weighted by Gasteiger charge is 2.35. The number of Topliss-reactive ketones (excluding diaryl/α,β-unsaturated/α-hetero) is 1. The molecule has 0 heterocycles. The van der Waals surface area contributed by atoms with E-state index < -0.39 is 30.5 Å². The van der Waals surface area contributed by atoms with Crippen molar-refractivity contribution in [3.63, 3.8) is 0 Å². The first-order valence-corrected chi connectivity index (χ1v) is 16.4. The number of carbonyl (C=O) groups is 4. The molecule has 10 nitrogen and oxygen atoms in total. The van der Waals surface area contributed by atoms with Crippen LogP contribution in [0.5, 0.6) is 0 Å². The number of fused-ring (bicyclic) bond motifs is 3. The number of hydrogen-bond donors (Lipinski definition) is 3. The van der Waals surface area contributed by atoms with Crippen LogP contribution in [-0.4, -0.2) is 52.4 Å². The Labute approximate surface area is 285 Å². The fraction of sp³-hybridized carbons (Fsp3) is 0.359. The number of aliphatic hydroxyl groups excluding tert-OH is 1. The van der Waals surface area contributed by atoms with E-state index in [9.17, 15) is 29.4 Å². The lowest BCUT2D eigenvalue weighted by Crippen LogP contribution is -2.43. The number of hydrogen-bond acceptors (Lipinski definition) is 8. The number of nitrogens with zero attached hydrogens (tertiary/aromatic N) is 1. The van der Waals surface area contributed by atoms with Gasteiger partial charge in [-0.25, -0.2) is 9.59 Å². The Bertz CT molecular complexity index is 1760. The summed E-state index contributed by atoms with van der Waals surface area (Å²) in [6.07, 6.45) is -0.293. The molecule has 256 valence electrons. The first-order valence-electron chi connectivity index (χ1n) is 16.4. The summed E-state index contributed by atoms with van der Waals surface area (Å²) in [6.45, 7) is 7.81. The van der Waals surface area contributed by atoms with E-state index in [1.807, 2.05) is 76.2 Å². The molecule has 0 aliphatic heterocycles. The van der Waals surface area contributed by atoms with Crippen molar-refractivity contribution in [1.82, 2.24) is 5.32 Å². The molecule has 0 radical (unpaired) electrons. The van der Waals surface area contributed by atoms with E-state index in [2.05, 4.69) is 5.32 Å². The van der Waals surface area contributed by atoms with Gasteiger partial charge in [-0.3, -0.25) is 14.6 Å². The van der Waals surface area contributed by atoms with Gasteiger partial charge in [-0.2, -0.15) is 0 Å². The number of carboxylic acids is 1. The molecule has 1 amide bonds. The molecule has 3 aromatic carbocycles. The molecule has 0 spiro atoms. The largest absolute Gasteiger partial charge is 0.511 e. The highest BCUT2D eigenvalue weighted by Crippen LogP contribution is 2.44. The smallest absolute Gasteiger partial charge is 0.407 e. The number of carboxylic acid groups (broad SMARTS) is 1. The first-order chi connectivity index (χ1) is 23.3. The van der Waals surface area contributed by atoms with E-state index in [0.717, 1.165) is 22.3 Å². The van der Waals surface area contributed by atoms with Crippen LogP contribution in [-0.2, 0) is 30.5 Å². The minimum atomic E-state index is -1.54. The molecule has 2 aliphatic rings. The van der Waals surface area contributed by atoms with Gasteiger partial charge in [0.25, 0.3) is 0 Å². The predicted octanol–water partition coefficient (Wildman–Crippen LogP) is 7.43. The van der Waals surface area contributed by atoms with Crippen molar-refractivity contribution >= 4 is 35.2 Å². The van der Waals surface area contributed by atoms with Crippen LogP contribution >= 0.6 is 0 Å². The first kappa shape index (κ1) is 35.1. The summed E-state index contributed by atoms with van der Waals surface area (Å²) < 4.78 is 10.7.